The highest BCUT2D eigenvalue weighted by Gasteiger charge is 2.40. The van der Waals surface area contributed by atoms with Gasteiger partial charge in [-0.3, -0.25) is 0 Å². The van der Waals surface area contributed by atoms with Crippen LogP contribution in [0.5, 0.6) is 0 Å². The van der Waals surface area contributed by atoms with Crippen LogP contribution in [0.4, 0.5) is 0 Å². The van der Waals surface area contributed by atoms with E-state index in [1.165, 1.54) is 65.0 Å². The van der Waals surface area contributed by atoms with Crippen LogP contribution in [-0.4, -0.2) is 55.6 Å². The SMILES string of the molecule is NCCCCN1CCN(CC2CC3CCC2C3)CC1. The van der Waals surface area contributed by atoms with Crippen molar-refractivity contribution in [3.8, 4) is 0 Å². The third-order valence-electron chi connectivity index (χ3n) is 5.77. The normalized spacial score (nSPS) is 36.2. The van der Waals surface area contributed by atoms with Crippen molar-refractivity contribution in [2.45, 2.75) is 38.5 Å². The summed E-state index contributed by atoms with van der Waals surface area (Å²) in [6.45, 7) is 8.69. The van der Waals surface area contributed by atoms with Gasteiger partial charge in [0.1, 0.15) is 0 Å². The molecule has 3 rings (SSSR count). The van der Waals surface area contributed by atoms with Crippen LogP contribution in [0, 0.1) is 17.8 Å². The first-order valence-corrected chi connectivity index (χ1v) is 8.50. The van der Waals surface area contributed by atoms with E-state index in [2.05, 4.69) is 9.80 Å². The van der Waals surface area contributed by atoms with Crippen molar-refractivity contribution in [2.75, 3.05) is 45.8 Å². The van der Waals surface area contributed by atoms with E-state index in [0.717, 1.165) is 24.3 Å². The van der Waals surface area contributed by atoms with Crippen molar-refractivity contribution in [3.63, 3.8) is 0 Å². The van der Waals surface area contributed by atoms with Crippen molar-refractivity contribution in [3.05, 3.63) is 0 Å². The van der Waals surface area contributed by atoms with Crippen LogP contribution in [0.2, 0.25) is 0 Å². The molecule has 1 heterocycles. The fourth-order valence-electron chi connectivity index (χ4n) is 4.61. The molecule has 2 saturated carbocycles. The Bertz CT molecular complexity index is 273. The van der Waals surface area contributed by atoms with E-state index in [4.69, 9.17) is 5.73 Å². The van der Waals surface area contributed by atoms with Gasteiger partial charge in [-0.15, -0.1) is 0 Å². The van der Waals surface area contributed by atoms with E-state index in [9.17, 15) is 0 Å². The molecule has 0 aromatic carbocycles. The van der Waals surface area contributed by atoms with E-state index < -0.39 is 0 Å². The summed E-state index contributed by atoms with van der Waals surface area (Å²) >= 11 is 0. The maximum atomic E-state index is 5.56. The molecule has 1 aliphatic heterocycles. The number of unbranched alkanes of at least 4 members (excludes halogenated alkanes) is 1. The lowest BCUT2D eigenvalue weighted by atomic mass is 9.88. The minimum Gasteiger partial charge on any atom is -0.330 e. The molecule has 3 atom stereocenters. The Morgan fingerprint density at radius 3 is 2.32 bits per heavy atom. The average Bonchev–Trinajstić information content (AvgIpc) is 3.03. The number of hydrogen-bond acceptors (Lipinski definition) is 3. The Labute approximate surface area is 118 Å². The first kappa shape index (κ1) is 13.8. The smallest absolute Gasteiger partial charge is 0.0110 e. The van der Waals surface area contributed by atoms with E-state index in [0.29, 0.717) is 0 Å². The number of rotatable bonds is 6. The van der Waals surface area contributed by atoms with Crippen molar-refractivity contribution in [2.24, 2.45) is 23.5 Å². The zero-order valence-electron chi connectivity index (χ0n) is 12.4. The molecule has 3 fully saturated rings. The first-order chi connectivity index (χ1) is 9.35. The number of hydrogen-bond donors (Lipinski definition) is 1. The van der Waals surface area contributed by atoms with Crippen LogP contribution in [0.3, 0.4) is 0 Å². The lowest BCUT2D eigenvalue weighted by molar-refractivity contribution is 0.105. The van der Waals surface area contributed by atoms with E-state index in [1.807, 2.05) is 0 Å². The predicted octanol–water partition coefficient (Wildman–Crippen LogP) is 1.78. The first-order valence-electron chi connectivity index (χ1n) is 8.50. The van der Waals surface area contributed by atoms with Gasteiger partial charge in [-0.25, -0.2) is 0 Å². The summed E-state index contributed by atoms with van der Waals surface area (Å²) in [4.78, 5) is 5.37. The van der Waals surface area contributed by atoms with Crippen LogP contribution in [0.25, 0.3) is 0 Å². The maximum Gasteiger partial charge on any atom is 0.0110 e. The van der Waals surface area contributed by atoms with Crippen molar-refractivity contribution in [1.29, 1.82) is 0 Å². The highest BCUT2D eigenvalue weighted by molar-refractivity contribution is 4.91. The van der Waals surface area contributed by atoms with E-state index >= 15 is 0 Å². The Morgan fingerprint density at radius 1 is 0.895 bits per heavy atom. The molecule has 3 heteroatoms. The fraction of sp³-hybridized carbons (Fsp3) is 1.00. The second kappa shape index (κ2) is 6.55. The van der Waals surface area contributed by atoms with Crippen LogP contribution in [-0.2, 0) is 0 Å². The second-order valence-electron chi connectivity index (χ2n) is 7.07. The van der Waals surface area contributed by atoms with Gasteiger partial charge in [0.2, 0.25) is 0 Å². The zero-order chi connectivity index (χ0) is 13.1. The molecule has 0 amide bonds. The maximum absolute atomic E-state index is 5.56. The molecular formula is C16H31N3. The summed E-state index contributed by atoms with van der Waals surface area (Å²) in [5, 5.41) is 0. The van der Waals surface area contributed by atoms with Crippen LogP contribution < -0.4 is 5.73 Å². The highest BCUT2D eigenvalue weighted by Crippen LogP contribution is 2.48. The van der Waals surface area contributed by atoms with Gasteiger partial charge in [-0.2, -0.15) is 0 Å². The van der Waals surface area contributed by atoms with Crippen LogP contribution in [0.1, 0.15) is 38.5 Å². The number of nitrogens with two attached hydrogens (primary N) is 1. The Morgan fingerprint density at radius 2 is 1.68 bits per heavy atom. The summed E-state index contributed by atoms with van der Waals surface area (Å²) in [5.41, 5.74) is 5.56. The lowest BCUT2D eigenvalue weighted by Gasteiger charge is -2.37. The second-order valence-corrected chi connectivity index (χ2v) is 7.07. The Hall–Kier alpha value is -0.120. The zero-order valence-corrected chi connectivity index (χ0v) is 12.4. The number of nitrogens with zero attached hydrogens (tertiary/aromatic N) is 2. The largest absolute Gasteiger partial charge is 0.330 e. The quantitative estimate of drug-likeness (QED) is 0.743. The van der Waals surface area contributed by atoms with Gasteiger partial charge in [0.25, 0.3) is 0 Å². The van der Waals surface area contributed by atoms with Gasteiger partial charge in [0.15, 0.2) is 0 Å². The third kappa shape index (κ3) is 3.50. The van der Waals surface area contributed by atoms with Crippen LogP contribution in [0.15, 0.2) is 0 Å². The van der Waals surface area contributed by atoms with Crippen molar-refractivity contribution < 1.29 is 0 Å². The fourth-order valence-corrected chi connectivity index (χ4v) is 4.61. The minimum atomic E-state index is 0.851. The molecule has 110 valence electrons. The number of fused-ring (bicyclic) bond motifs is 2. The lowest BCUT2D eigenvalue weighted by Crippen LogP contribution is -2.48. The molecular weight excluding hydrogens is 234 g/mol. The molecule has 0 spiro atoms. The minimum absolute atomic E-state index is 0.851. The summed E-state index contributed by atoms with van der Waals surface area (Å²) in [7, 11) is 0. The molecule has 0 aromatic heterocycles. The molecule has 3 unspecified atom stereocenters. The summed E-state index contributed by atoms with van der Waals surface area (Å²) in [5.74, 6) is 3.24. The average molecular weight is 265 g/mol. The molecule has 2 bridgehead atoms. The van der Waals surface area contributed by atoms with Crippen molar-refractivity contribution >= 4 is 0 Å². The standard InChI is InChI=1S/C16H31N3/c17-5-1-2-6-18-7-9-19(10-8-18)13-16-12-14-3-4-15(16)11-14/h14-16H,1-13,17H2. The van der Waals surface area contributed by atoms with E-state index in [-0.39, 0.29) is 0 Å². The summed E-state index contributed by atoms with van der Waals surface area (Å²) in [6, 6.07) is 0. The Kier molecular flexibility index (Phi) is 4.78. The van der Waals surface area contributed by atoms with E-state index in [1.54, 1.807) is 12.8 Å². The molecule has 2 aliphatic carbocycles. The van der Waals surface area contributed by atoms with Gasteiger partial charge in [0, 0.05) is 32.7 Å². The molecule has 0 aromatic rings. The molecule has 19 heavy (non-hydrogen) atoms. The molecule has 2 N–H and O–H groups in total. The predicted molar refractivity (Wildman–Crippen MR) is 80.1 cm³/mol. The van der Waals surface area contributed by atoms with Gasteiger partial charge in [-0.05, 0) is 62.9 Å². The summed E-state index contributed by atoms with van der Waals surface area (Å²) in [6.07, 6.45) is 8.64. The van der Waals surface area contributed by atoms with Crippen LogP contribution >= 0.6 is 0 Å². The molecule has 3 aliphatic rings. The van der Waals surface area contributed by atoms with Crippen molar-refractivity contribution in [1.82, 2.24) is 9.80 Å². The molecule has 3 nitrogen and oxygen atoms in total. The monoisotopic (exact) mass is 265 g/mol. The van der Waals surface area contributed by atoms with Gasteiger partial charge in [-0.1, -0.05) is 6.42 Å². The Balaban J connectivity index is 1.34. The number of piperazine rings is 1. The molecule has 0 radical (unpaired) electrons. The van der Waals surface area contributed by atoms with Gasteiger partial charge < -0.3 is 15.5 Å². The topological polar surface area (TPSA) is 32.5 Å². The van der Waals surface area contributed by atoms with Gasteiger partial charge in [0.05, 0.1) is 0 Å². The molecule has 1 saturated heterocycles. The summed E-state index contributed by atoms with van der Waals surface area (Å²) < 4.78 is 0. The van der Waals surface area contributed by atoms with Gasteiger partial charge >= 0.3 is 0 Å². The highest BCUT2D eigenvalue weighted by atomic mass is 15.3. The third-order valence-corrected chi connectivity index (χ3v) is 5.77.